The average molecular weight is 298 g/mol. The molecular weight excluding hydrogens is 283 g/mol. The molecular formula is C13H15FN2O3S. The molecule has 0 amide bonds. The average Bonchev–Trinajstić information content (AvgIpc) is 2.41. The van der Waals surface area contributed by atoms with Gasteiger partial charge < -0.3 is 4.74 Å². The summed E-state index contributed by atoms with van der Waals surface area (Å²) in [5, 5.41) is 8.72. The molecule has 1 saturated heterocycles. The number of sulfonamides is 1. The van der Waals surface area contributed by atoms with Gasteiger partial charge in [0.15, 0.2) is 0 Å². The normalized spacial score (nSPS) is 19.3. The van der Waals surface area contributed by atoms with Crippen molar-refractivity contribution in [2.45, 2.75) is 25.4 Å². The van der Waals surface area contributed by atoms with Crippen LogP contribution in [0.15, 0.2) is 18.2 Å². The third kappa shape index (κ3) is 3.92. The van der Waals surface area contributed by atoms with Crippen LogP contribution in [0, 0.1) is 17.1 Å². The molecule has 20 heavy (non-hydrogen) atoms. The highest BCUT2D eigenvalue weighted by molar-refractivity contribution is 7.92. The van der Waals surface area contributed by atoms with Crippen LogP contribution in [-0.4, -0.2) is 26.9 Å². The molecule has 1 fully saturated rings. The molecule has 1 aliphatic heterocycles. The second-order valence-electron chi connectivity index (χ2n) is 4.68. The molecule has 1 aromatic rings. The lowest BCUT2D eigenvalue weighted by Gasteiger charge is -2.22. The fourth-order valence-corrected chi connectivity index (χ4v) is 3.40. The van der Waals surface area contributed by atoms with Gasteiger partial charge in [0.25, 0.3) is 0 Å². The third-order valence-electron chi connectivity index (χ3n) is 3.04. The first kappa shape index (κ1) is 14.8. The maximum Gasteiger partial charge on any atom is 0.235 e. The van der Waals surface area contributed by atoms with Crippen LogP contribution in [0.5, 0.6) is 0 Å². The molecule has 0 unspecified atom stereocenters. The molecule has 108 valence electrons. The Bertz CT molecular complexity index is 619. The molecule has 1 aliphatic rings. The molecule has 0 saturated carbocycles. The summed E-state index contributed by atoms with van der Waals surface area (Å²) in [5.41, 5.74) is -0.0159. The van der Waals surface area contributed by atoms with Crippen molar-refractivity contribution in [3.8, 4) is 6.07 Å². The lowest BCUT2D eigenvalue weighted by Crippen LogP contribution is -2.30. The zero-order valence-corrected chi connectivity index (χ0v) is 11.6. The van der Waals surface area contributed by atoms with Crippen molar-refractivity contribution in [3.63, 3.8) is 0 Å². The summed E-state index contributed by atoms with van der Waals surface area (Å²) in [5.74, 6) is -0.808. The molecule has 1 heterocycles. The Morgan fingerprint density at radius 2 is 2.25 bits per heavy atom. The molecule has 7 heteroatoms. The van der Waals surface area contributed by atoms with Crippen LogP contribution in [0.1, 0.15) is 24.8 Å². The third-order valence-corrected chi connectivity index (χ3v) is 4.40. The lowest BCUT2D eigenvalue weighted by atomic mass is 10.1. The predicted octanol–water partition coefficient (Wildman–Crippen LogP) is 2.01. The molecule has 0 bridgehead atoms. The van der Waals surface area contributed by atoms with Gasteiger partial charge in [-0.05, 0) is 37.5 Å². The van der Waals surface area contributed by atoms with Crippen molar-refractivity contribution in [3.05, 3.63) is 29.6 Å². The van der Waals surface area contributed by atoms with Crippen LogP contribution < -0.4 is 4.72 Å². The van der Waals surface area contributed by atoms with Gasteiger partial charge in [0.2, 0.25) is 10.0 Å². The van der Waals surface area contributed by atoms with Crippen molar-refractivity contribution in [1.82, 2.24) is 0 Å². The molecule has 0 spiro atoms. The van der Waals surface area contributed by atoms with E-state index in [0.29, 0.717) is 13.0 Å². The Balaban J connectivity index is 2.06. The number of anilines is 1. The first-order valence-electron chi connectivity index (χ1n) is 6.32. The number of halogens is 1. The lowest BCUT2D eigenvalue weighted by molar-refractivity contribution is 0.0306. The number of benzene rings is 1. The van der Waals surface area contributed by atoms with Crippen LogP contribution in [-0.2, 0) is 14.8 Å². The molecule has 5 nitrogen and oxygen atoms in total. The van der Waals surface area contributed by atoms with Gasteiger partial charge in [-0.3, -0.25) is 4.72 Å². The van der Waals surface area contributed by atoms with Crippen molar-refractivity contribution in [2.24, 2.45) is 0 Å². The van der Waals surface area contributed by atoms with E-state index >= 15 is 0 Å². The van der Waals surface area contributed by atoms with Gasteiger partial charge in [-0.15, -0.1) is 0 Å². The van der Waals surface area contributed by atoms with Crippen LogP contribution in [0.2, 0.25) is 0 Å². The van der Waals surface area contributed by atoms with Gasteiger partial charge >= 0.3 is 0 Å². The summed E-state index contributed by atoms with van der Waals surface area (Å²) in [6.45, 7) is 0.579. The van der Waals surface area contributed by atoms with E-state index in [4.69, 9.17) is 10.00 Å². The van der Waals surface area contributed by atoms with E-state index in [1.807, 2.05) is 0 Å². The maximum atomic E-state index is 13.2. The summed E-state index contributed by atoms with van der Waals surface area (Å²) in [6.07, 6.45) is 2.31. The monoisotopic (exact) mass is 298 g/mol. The minimum absolute atomic E-state index is 0.133. The van der Waals surface area contributed by atoms with E-state index in [1.165, 1.54) is 12.1 Å². The minimum atomic E-state index is -3.58. The zero-order valence-electron chi connectivity index (χ0n) is 10.8. The van der Waals surface area contributed by atoms with Crippen LogP contribution in [0.3, 0.4) is 0 Å². The van der Waals surface area contributed by atoms with Crippen LogP contribution in [0.4, 0.5) is 10.1 Å². The Kier molecular flexibility index (Phi) is 4.57. The van der Waals surface area contributed by atoms with Gasteiger partial charge in [-0.1, -0.05) is 0 Å². The molecule has 0 aliphatic carbocycles. The highest BCUT2D eigenvalue weighted by atomic mass is 32.2. The number of ether oxygens (including phenoxy) is 1. The number of nitrogens with one attached hydrogen (secondary N) is 1. The molecule has 1 N–H and O–H groups in total. The summed E-state index contributed by atoms with van der Waals surface area (Å²) in [6, 6.07) is 5.19. The van der Waals surface area contributed by atoms with Gasteiger partial charge in [0.05, 0.1) is 17.4 Å². The molecule has 0 aromatic heterocycles. The Hall–Kier alpha value is -1.65. The van der Waals surface area contributed by atoms with E-state index in [0.717, 1.165) is 18.9 Å². The fourth-order valence-electron chi connectivity index (χ4n) is 2.08. The second-order valence-corrected chi connectivity index (χ2v) is 6.45. The number of hydrogen-bond acceptors (Lipinski definition) is 4. The summed E-state index contributed by atoms with van der Waals surface area (Å²) >= 11 is 0. The summed E-state index contributed by atoms with van der Waals surface area (Å²) < 4.78 is 44.9. The molecule has 2 rings (SSSR count). The van der Waals surface area contributed by atoms with Crippen LogP contribution in [0.25, 0.3) is 0 Å². The van der Waals surface area contributed by atoms with Crippen molar-refractivity contribution in [2.75, 3.05) is 17.1 Å². The summed E-state index contributed by atoms with van der Waals surface area (Å²) in [7, 11) is -3.58. The SMILES string of the molecule is N#Cc1cc(NS(=O)(=O)C[C@@H]2CCCCO2)ccc1F. The van der Waals surface area contributed by atoms with Crippen LogP contribution >= 0.6 is 0 Å². The van der Waals surface area contributed by atoms with Crippen molar-refractivity contribution in [1.29, 1.82) is 5.26 Å². The Morgan fingerprint density at radius 1 is 1.45 bits per heavy atom. The number of nitrogens with zero attached hydrogens (tertiary/aromatic N) is 1. The highest BCUT2D eigenvalue weighted by Gasteiger charge is 2.22. The zero-order chi connectivity index (χ0) is 14.6. The van der Waals surface area contributed by atoms with E-state index < -0.39 is 15.8 Å². The number of rotatable bonds is 4. The second kappa shape index (κ2) is 6.20. The van der Waals surface area contributed by atoms with E-state index in [-0.39, 0.29) is 23.1 Å². The van der Waals surface area contributed by atoms with Gasteiger partial charge in [0, 0.05) is 12.3 Å². The van der Waals surface area contributed by atoms with E-state index in [9.17, 15) is 12.8 Å². The highest BCUT2D eigenvalue weighted by Crippen LogP contribution is 2.18. The smallest absolute Gasteiger partial charge is 0.235 e. The topological polar surface area (TPSA) is 79.2 Å². The van der Waals surface area contributed by atoms with E-state index in [1.54, 1.807) is 6.07 Å². The Morgan fingerprint density at radius 3 is 2.90 bits per heavy atom. The standard InChI is InChI=1S/C13H15FN2O3S/c14-13-5-4-11(7-10(13)8-15)16-20(17,18)9-12-3-1-2-6-19-12/h4-5,7,12,16H,1-3,6,9H2/t12-/m0/s1. The number of hydrogen-bond donors (Lipinski definition) is 1. The van der Waals surface area contributed by atoms with Gasteiger partial charge in [-0.2, -0.15) is 5.26 Å². The molecule has 1 atom stereocenters. The summed E-state index contributed by atoms with van der Waals surface area (Å²) in [4.78, 5) is 0. The first-order chi connectivity index (χ1) is 9.50. The number of nitriles is 1. The largest absolute Gasteiger partial charge is 0.377 e. The van der Waals surface area contributed by atoms with Crippen molar-refractivity contribution < 1.29 is 17.5 Å². The molecule has 1 aromatic carbocycles. The van der Waals surface area contributed by atoms with Crippen molar-refractivity contribution >= 4 is 15.7 Å². The maximum absolute atomic E-state index is 13.2. The van der Waals surface area contributed by atoms with Gasteiger partial charge in [-0.25, -0.2) is 12.8 Å². The quantitative estimate of drug-likeness (QED) is 0.922. The minimum Gasteiger partial charge on any atom is -0.377 e. The first-order valence-corrected chi connectivity index (χ1v) is 7.97. The van der Waals surface area contributed by atoms with Gasteiger partial charge in [0.1, 0.15) is 11.9 Å². The van der Waals surface area contributed by atoms with E-state index in [2.05, 4.69) is 4.72 Å². The predicted molar refractivity (Wildman–Crippen MR) is 72.1 cm³/mol. The molecule has 0 radical (unpaired) electrons. The Labute approximate surface area is 117 Å². The fraction of sp³-hybridized carbons (Fsp3) is 0.462.